The van der Waals surface area contributed by atoms with Crippen LogP contribution in [0.4, 0.5) is 0 Å². The summed E-state index contributed by atoms with van der Waals surface area (Å²) in [5.74, 6) is -0.0423. The maximum absolute atomic E-state index is 12.2. The van der Waals surface area contributed by atoms with Gasteiger partial charge in [-0.25, -0.2) is 4.98 Å². The van der Waals surface area contributed by atoms with Gasteiger partial charge < -0.3 is 4.90 Å². The van der Waals surface area contributed by atoms with Crippen molar-refractivity contribution in [3.63, 3.8) is 0 Å². The van der Waals surface area contributed by atoms with Gasteiger partial charge in [0, 0.05) is 13.6 Å². The highest BCUT2D eigenvalue weighted by atomic mass is 79.9. The Labute approximate surface area is 127 Å². The minimum Gasteiger partial charge on any atom is -0.340 e. The van der Waals surface area contributed by atoms with E-state index in [0.29, 0.717) is 10.3 Å². The number of benzene rings is 1. The van der Waals surface area contributed by atoms with Crippen LogP contribution in [0.1, 0.15) is 22.5 Å². The summed E-state index contributed by atoms with van der Waals surface area (Å²) in [6, 6.07) is 15.7. The lowest BCUT2D eigenvalue weighted by Gasteiger charge is -2.16. The molecule has 0 saturated heterocycles. The summed E-state index contributed by atoms with van der Waals surface area (Å²) in [4.78, 5) is 18.1. The average molecular weight is 333 g/mol. The molecule has 0 atom stereocenters. The molecule has 0 bridgehead atoms. The molecule has 4 heteroatoms. The normalized spacial score (nSPS) is 10.3. The second-order valence-corrected chi connectivity index (χ2v) is 5.47. The van der Waals surface area contributed by atoms with Crippen molar-refractivity contribution in [2.75, 3.05) is 13.6 Å². The first-order chi connectivity index (χ1) is 9.66. The molecule has 0 unspecified atom stereocenters. The lowest BCUT2D eigenvalue weighted by molar-refractivity contribution is 0.0787. The third-order valence-electron chi connectivity index (χ3n) is 3.08. The molecule has 1 amide bonds. The number of nitrogens with zero attached hydrogens (tertiary/aromatic N) is 2. The van der Waals surface area contributed by atoms with Crippen LogP contribution < -0.4 is 0 Å². The highest BCUT2D eigenvalue weighted by Crippen LogP contribution is 2.09. The van der Waals surface area contributed by atoms with Gasteiger partial charge in [0.25, 0.3) is 5.91 Å². The predicted octanol–water partition coefficient (Wildman–Crippen LogP) is 3.55. The molecule has 1 aromatic heterocycles. The summed E-state index contributed by atoms with van der Waals surface area (Å²) < 4.78 is 0.682. The van der Waals surface area contributed by atoms with Crippen molar-refractivity contribution in [2.45, 2.75) is 12.8 Å². The number of pyridine rings is 1. The third kappa shape index (κ3) is 4.17. The highest BCUT2D eigenvalue weighted by Gasteiger charge is 2.12. The fourth-order valence-corrected chi connectivity index (χ4v) is 2.33. The van der Waals surface area contributed by atoms with Crippen LogP contribution in [-0.2, 0) is 6.42 Å². The molecule has 0 aliphatic rings. The van der Waals surface area contributed by atoms with Gasteiger partial charge in [0.05, 0.1) is 0 Å². The van der Waals surface area contributed by atoms with E-state index < -0.39 is 0 Å². The van der Waals surface area contributed by atoms with E-state index in [1.807, 2.05) is 37.4 Å². The number of aryl methyl sites for hydroxylation is 1. The van der Waals surface area contributed by atoms with Gasteiger partial charge in [-0.1, -0.05) is 36.4 Å². The van der Waals surface area contributed by atoms with Crippen LogP contribution in [0.15, 0.2) is 53.1 Å². The van der Waals surface area contributed by atoms with Gasteiger partial charge >= 0.3 is 0 Å². The smallest absolute Gasteiger partial charge is 0.272 e. The van der Waals surface area contributed by atoms with Crippen LogP contribution in [0.2, 0.25) is 0 Å². The van der Waals surface area contributed by atoms with Crippen LogP contribution in [0.5, 0.6) is 0 Å². The largest absolute Gasteiger partial charge is 0.340 e. The molecule has 104 valence electrons. The van der Waals surface area contributed by atoms with E-state index in [1.165, 1.54) is 5.56 Å². The van der Waals surface area contributed by atoms with E-state index in [2.05, 4.69) is 33.0 Å². The van der Waals surface area contributed by atoms with Crippen LogP contribution in [0.3, 0.4) is 0 Å². The molecule has 0 N–H and O–H groups in total. The van der Waals surface area contributed by atoms with E-state index in [-0.39, 0.29) is 5.91 Å². The molecular weight excluding hydrogens is 316 g/mol. The Morgan fingerprint density at radius 3 is 2.60 bits per heavy atom. The van der Waals surface area contributed by atoms with E-state index in [9.17, 15) is 4.79 Å². The van der Waals surface area contributed by atoms with Crippen molar-refractivity contribution >= 4 is 21.8 Å². The topological polar surface area (TPSA) is 33.2 Å². The molecule has 20 heavy (non-hydrogen) atoms. The van der Waals surface area contributed by atoms with Crippen molar-refractivity contribution in [1.82, 2.24) is 9.88 Å². The van der Waals surface area contributed by atoms with Crippen molar-refractivity contribution in [3.05, 3.63) is 64.4 Å². The zero-order valence-corrected chi connectivity index (χ0v) is 13.0. The number of halogens is 1. The minimum atomic E-state index is -0.0423. The molecular formula is C16H17BrN2O. The first-order valence-corrected chi connectivity index (χ1v) is 7.38. The Bertz CT molecular complexity index is 572. The molecule has 0 radical (unpaired) electrons. The van der Waals surface area contributed by atoms with Crippen molar-refractivity contribution in [1.29, 1.82) is 0 Å². The molecule has 0 aliphatic heterocycles. The predicted molar refractivity (Wildman–Crippen MR) is 83.7 cm³/mol. The summed E-state index contributed by atoms with van der Waals surface area (Å²) in [5, 5.41) is 0. The van der Waals surface area contributed by atoms with E-state index in [4.69, 9.17) is 0 Å². The fourth-order valence-electron chi connectivity index (χ4n) is 1.99. The first-order valence-electron chi connectivity index (χ1n) is 6.59. The Morgan fingerprint density at radius 1 is 1.15 bits per heavy atom. The summed E-state index contributed by atoms with van der Waals surface area (Å²) in [7, 11) is 1.82. The number of aromatic nitrogens is 1. The van der Waals surface area contributed by atoms with Gasteiger partial charge in [-0.2, -0.15) is 0 Å². The van der Waals surface area contributed by atoms with E-state index >= 15 is 0 Å². The third-order valence-corrected chi connectivity index (χ3v) is 3.52. The number of rotatable bonds is 5. The van der Waals surface area contributed by atoms with Gasteiger partial charge in [0.15, 0.2) is 0 Å². The standard InChI is InChI=1S/C16H17BrN2O/c1-19(12-6-9-13-7-3-2-4-8-13)16(20)14-10-5-11-15(17)18-14/h2-5,7-8,10-11H,6,9,12H2,1H3. The Balaban J connectivity index is 1.85. The summed E-state index contributed by atoms with van der Waals surface area (Å²) in [6.07, 6.45) is 1.92. The van der Waals surface area contributed by atoms with Crippen molar-refractivity contribution in [3.8, 4) is 0 Å². The molecule has 1 heterocycles. The molecule has 0 aliphatic carbocycles. The quantitative estimate of drug-likeness (QED) is 0.784. The van der Waals surface area contributed by atoms with Gasteiger partial charge in [-0.3, -0.25) is 4.79 Å². The maximum Gasteiger partial charge on any atom is 0.272 e. The maximum atomic E-state index is 12.2. The Morgan fingerprint density at radius 2 is 1.90 bits per heavy atom. The molecule has 2 rings (SSSR count). The van der Waals surface area contributed by atoms with Crippen LogP contribution in [0, 0.1) is 0 Å². The molecule has 0 saturated carbocycles. The molecule has 0 fully saturated rings. The van der Waals surface area contributed by atoms with Crippen molar-refractivity contribution < 1.29 is 4.79 Å². The lowest BCUT2D eigenvalue weighted by Crippen LogP contribution is -2.28. The fraction of sp³-hybridized carbons (Fsp3) is 0.250. The molecule has 0 spiro atoms. The lowest BCUT2D eigenvalue weighted by atomic mass is 10.1. The van der Waals surface area contributed by atoms with Gasteiger partial charge in [-0.15, -0.1) is 0 Å². The number of carbonyl (C=O) groups is 1. The Kier molecular flexibility index (Phi) is 5.30. The molecule has 1 aromatic carbocycles. The van der Waals surface area contributed by atoms with Gasteiger partial charge in [-0.05, 0) is 46.5 Å². The second kappa shape index (κ2) is 7.20. The van der Waals surface area contributed by atoms with Crippen LogP contribution in [0.25, 0.3) is 0 Å². The molecule has 2 aromatic rings. The highest BCUT2D eigenvalue weighted by molar-refractivity contribution is 9.10. The van der Waals surface area contributed by atoms with Crippen LogP contribution in [-0.4, -0.2) is 29.4 Å². The minimum absolute atomic E-state index is 0.0423. The number of hydrogen-bond acceptors (Lipinski definition) is 2. The van der Waals surface area contributed by atoms with E-state index in [0.717, 1.165) is 19.4 Å². The average Bonchev–Trinajstić information content (AvgIpc) is 2.47. The number of hydrogen-bond donors (Lipinski definition) is 0. The zero-order chi connectivity index (χ0) is 14.4. The van der Waals surface area contributed by atoms with Gasteiger partial charge in [0.1, 0.15) is 10.3 Å². The second-order valence-electron chi connectivity index (χ2n) is 4.66. The summed E-state index contributed by atoms with van der Waals surface area (Å²) in [6.45, 7) is 0.724. The number of amides is 1. The number of carbonyl (C=O) groups excluding carboxylic acids is 1. The van der Waals surface area contributed by atoms with E-state index in [1.54, 1.807) is 11.0 Å². The van der Waals surface area contributed by atoms with Crippen molar-refractivity contribution in [2.24, 2.45) is 0 Å². The molecule has 3 nitrogen and oxygen atoms in total. The Hall–Kier alpha value is -1.68. The van der Waals surface area contributed by atoms with Crippen LogP contribution >= 0.6 is 15.9 Å². The first kappa shape index (κ1) is 14.7. The summed E-state index contributed by atoms with van der Waals surface area (Å²) in [5.41, 5.74) is 1.77. The summed E-state index contributed by atoms with van der Waals surface area (Å²) >= 11 is 3.28. The SMILES string of the molecule is CN(CCCc1ccccc1)C(=O)c1cccc(Br)n1. The van der Waals surface area contributed by atoms with Gasteiger partial charge in [0.2, 0.25) is 0 Å². The monoisotopic (exact) mass is 332 g/mol. The zero-order valence-electron chi connectivity index (χ0n) is 11.4.